The molecule has 1 aromatic heterocycles. The van der Waals surface area contributed by atoms with Gasteiger partial charge in [-0.15, -0.1) is 0 Å². The topological polar surface area (TPSA) is 66.5 Å². The molecule has 29 heavy (non-hydrogen) atoms. The number of nitrogens with zero attached hydrogens (tertiary/aromatic N) is 2. The molecule has 0 radical (unpaired) electrons. The van der Waals surface area contributed by atoms with Gasteiger partial charge in [0.1, 0.15) is 11.6 Å². The van der Waals surface area contributed by atoms with E-state index in [9.17, 15) is 4.79 Å². The molecular formula is C22H29ClN4O2. The quantitative estimate of drug-likeness (QED) is 0.713. The second-order valence-electron chi connectivity index (χ2n) is 7.75. The van der Waals surface area contributed by atoms with Gasteiger partial charge in [0.2, 0.25) is 0 Å². The van der Waals surface area contributed by atoms with Crippen LogP contribution in [0.25, 0.3) is 0 Å². The number of amides is 1. The van der Waals surface area contributed by atoms with Crippen LogP contribution in [-0.4, -0.2) is 43.7 Å². The summed E-state index contributed by atoms with van der Waals surface area (Å²) in [5, 5.41) is 7.28. The molecule has 0 aliphatic heterocycles. The molecule has 1 heterocycles. The van der Waals surface area contributed by atoms with E-state index in [4.69, 9.17) is 16.3 Å². The van der Waals surface area contributed by atoms with Crippen molar-refractivity contribution in [2.24, 2.45) is 0 Å². The Morgan fingerprint density at radius 3 is 2.45 bits per heavy atom. The molecule has 0 spiro atoms. The van der Waals surface area contributed by atoms with Gasteiger partial charge in [-0.25, -0.2) is 4.98 Å². The first-order valence-electron chi connectivity index (χ1n) is 9.99. The van der Waals surface area contributed by atoms with Crippen LogP contribution in [0.1, 0.15) is 31.4 Å². The Bertz CT molecular complexity index is 818. The predicted octanol–water partition coefficient (Wildman–Crippen LogP) is 4.03. The number of carbonyl (C=O) groups is 1. The van der Waals surface area contributed by atoms with Gasteiger partial charge in [0.05, 0.1) is 0 Å². The Labute approximate surface area is 177 Å². The van der Waals surface area contributed by atoms with Crippen LogP contribution in [0, 0.1) is 6.92 Å². The number of halogens is 1. The van der Waals surface area contributed by atoms with Crippen LogP contribution in [0.15, 0.2) is 36.4 Å². The third-order valence-electron chi connectivity index (χ3n) is 5.08. The Hall–Kier alpha value is -2.47. The molecule has 1 aromatic carbocycles. The SMILES string of the molecule is Cc1cc(N(C)C)cc(NC2CCC(NC(=O)COc3ccc(Cl)cc3)CC2)n1. The summed E-state index contributed by atoms with van der Waals surface area (Å²) in [7, 11) is 4.06. The van der Waals surface area contributed by atoms with E-state index in [-0.39, 0.29) is 18.6 Å². The first-order valence-corrected chi connectivity index (χ1v) is 10.4. The highest BCUT2D eigenvalue weighted by Gasteiger charge is 2.23. The van der Waals surface area contributed by atoms with Crippen LogP contribution in [-0.2, 0) is 4.79 Å². The van der Waals surface area contributed by atoms with E-state index in [0.717, 1.165) is 42.9 Å². The summed E-state index contributed by atoms with van der Waals surface area (Å²) in [4.78, 5) is 18.9. The number of aromatic nitrogens is 1. The van der Waals surface area contributed by atoms with Gasteiger partial charge in [-0.1, -0.05) is 11.6 Å². The largest absolute Gasteiger partial charge is 0.484 e. The minimum absolute atomic E-state index is 0.0142. The molecule has 1 aliphatic carbocycles. The van der Waals surface area contributed by atoms with Crippen molar-refractivity contribution in [3.05, 3.63) is 47.1 Å². The molecule has 0 saturated heterocycles. The number of rotatable bonds is 7. The van der Waals surface area contributed by atoms with Crippen LogP contribution >= 0.6 is 11.6 Å². The number of aryl methyl sites for hydroxylation is 1. The van der Waals surface area contributed by atoms with E-state index in [1.165, 1.54) is 0 Å². The highest BCUT2D eigenvalue weighted by molar-refractivity contribution is 6.30. The lowest BCUT2D eigenvalue weighted by molar-refractivity contribution is -0.124. The molecule has 1 fully saturated rings. The van der Waals surface area contributed by atoms with Gasteiger partial charge in [0, 0.05) is 48.6 Å². The molecule has 1 saturated carbocycles. The van der Waals surface area contributed by atoms with Gasteiger partial charge in [0.25, 0.3) is 5.91 Å². The average molecular weight is 417 g/mol. The molecule has 3 rings (SSSR count). The van der Waals surface area contributed by atoms with E-state index in [0.29, 0.717) is 16.8 Å². The van der Waals surface area contributed by atoms with Gasteiger partial charge in [-0.2, -0.15) is 0 Å². The molecular weight excluding hydrogens is 388 g/mol. The maximum atomic E-state index is 12.2. The molecule has 0 atom stereocenters. The highest BCUT2D eigenvalue weighted by atomic mass is 35.5. The first kappa shape index (κ1) is 21.2. The van der Waals surface area contributed by atoms with Crippen molar-refractivity contribution in [1.29, 1.82) is 0 Å². The minimum atomic E-state index is -0.0904. The van der Waals surface area contributed by atoms with Crippen LogP contribution in [0.3, 0.4) is 0 Å². The first-order chi connectivity index (χ1) is 13.9. The molecule has 1 amide bonds. The van der Waals surface area contributed by atoms with Crippen LogP contribution in [0.4, 0.5) is 11.5 Å². The molecule has 156 valence electrons. The monoisotopic (exact) mass is 416 g/mol. The van der Waals surface area contributed by atoms with Crippen molar-refractivity contribution in [3.8, 4) is 5.75 Å². The molecule has 0 bridgehead atoms. The fraction of sp³-hybridized carbons (Fsp3) is 0.455. The maximum Gasteiger partial charge on any atom is 0.258 e. The smallest absolute Gasteiger partial charge is 0.258 e. The van der Waals surface area contributed by atoms with E-state index in [1.54, 1.807) is 24.3 Å². The van der Waals surface area contributed by atoms with Gasteiger partial charge in [0.15, 0.2) is 6.61 Å². The Kier molecular flexibility index (Phi) is 7.20. The molecule has 2 N–H and O–H groups in total. The zero-order valence-corrected chi connectivity index (χ0v) is 18.0. The van der Waals surface area contributed by atoms with Gasteiger partial charge >= 0.3 is 0 Å². The summed E-state index contributed by atoms with van der Waals surface area (Å²) in [6.45, 7) is 2.02. The van der Waals surface area contributed by atoms with Gasteiger partial charge in [-0.05, 0) is 62.9 Å². The van der Waals surface area contributed by atoms with E-state index < -0.39 is 0 Å². The van der Waals surface area contributed by atoms with Crippen molar-refractivity contribution in [3.63, 3.8) is 0 Å². The standard InChI is InChI=1S/C22H29ClN4O2/c1-15-12-19(27(2)3)13-21(24-15)25-17-6-8-18(9-7-17)26-22(28)14-29-20-10-4-16(23)5-11-20/h4-5,10-13,17-18H,6-9,14H2,1-3H3,(H,24,25)(H,26,28). The van der Waals surface area contributed by atoms with Gasteiger partial charge < -0.3 is 20.3 Å². The predicted molar refractivity (Wildman–Crippen MR) is 118 cm³/mol. The van der Waals surface area contributed by atoms with Crippen LogP contribution in [0.2, 0.25) is 5.02 Å². The summed E-state index contributed by atoms with van der Waals surface area (Å²) in [6, 6.07) is 11.7. The van der Waals surface area contributed by atoms with E-state index >= 15 is 0 Å². The van der Waals surface area contributed by atoms with Crippen LogP contribution < -0.4 is 20.3 Å². The Morgan fingerprint density at radius 1 is 1.14 bits per heavy atom. The third kappa shape index (κ3) is 6.53. The number of carbonyl (C=O) groups excluding carboxylic acids is 1. The number of anilines is 2. The second-order valence-corrected chi connectivity index (χ2v) is 8.19. The van der Waals surface area contributed by atoms with Crippen molar-refractivity contribution >= 4 is 29.0 Å². The molecule has 2 aromatic rings. The van der Waals surface area contributed by atoms with Crippen molar-refractivity contribution in [2.75, 3.05) is 30.9 Å². The molecule has 6 nitrogen and oxygen atoms in total. The number of benzene rings is 1. The van der Waals surface area contributed by atoms with Crippen molar-refractivity contribution in [1.82, 2.24) is 10.3 Å². The summed E-state index contributed by atoms with van der Waals surface area (Å²) in [5.41, 5.74) is 2.14. The third-order valence-corrected chi connectivity index (χ3v) is 5.33. The lowest BCUT2D eigenvalue weighted by Crippen LogP contribution is -2.42. The zero-order valence-electron chi connectivity index (χ0n) is 17.2. The molecule has 7 heteroatoms. The van der Waals surface area contributed by atoms with Crippen molar-refractivity contribution < 1.29 is 9.53 Å². The Balaban J connectivity index is 1.42. The van der Waals surface area contributed by atoms with Gasteiger partial charge in [-0.3, -0.25) is 4.79 Å². The summed E-state index contributed by atoms with van der Waals surface area (Å²) in [6.07, 6.45) is 3.87. The summed E-state index contributed by atoms with van der Waals surface area (Å²) >= 11 is 5.85. The average Bonchev–Trinajstić information content (AvgIpc) is 2.68. The lowest BCUT2D eigenvalue weighted by Gasteiger charge is -2.30. The number of hydrogen-bond donors (Lipinski definition) is 2. The molecule has 0 unspecified atom stereocenters. The minimum Gasteiger partial charge on any atom is -0.484 e. The number of ether oxygens (including phenoxy) is 1. The Morgan fingerprint density at radius 2 is 1.79 bits per heavy atom. The summed E-state index contributed by atoms with van der Waals surface area (Å²) in [5.74, 6) is 1.46. The molecule has 1 aliphatic rings. The number of hydrogen-bond acceptors (Lipinski definition) is 5. The lowest BCUT2D eigenvalue weighted by atomic mass is 9.91. The van der Waals surface area contributed by atoms with Crippen LogP contribution in [0.5, 0.6) is 5.75 Å². The summed E-state index contributed by atoms with van der Waals surface area (Å²) < 4.78 is 5.51. The number of pyridine rings is 1. The van der Waals surface area contributed by atoms with E-state index in [2.05, 4.69) is 32.7 Å². The maximum absolute atomic E-state index is 12.2. The second kappa shape index (κ2) is 9.83. The highest BCUT2D eigenvalue weighted by Crippen LogP contribution is 2.24. The fourth-order valence-corrected chi connectivity index (χ4v) is 3.65. The van der Waals surface area contributed by atoms with Crippen molar-refractivity contribution in [2.45, 2.75) is 44.7 Å². The number of nitrogens with one attached hydrogen (secondary N) is 2. The van der Waals surface area contributed by atoms with E-state index in [1.807, 2.05) is 21.0 Å². The zero-order chi connectivity index (χ0) is 20.8. The normalized spacial score (nSPS) is 18.8. The fourth-order valence-electron chi connectivity index (χ4n) is 3.52.